The number of ether oxygens (including phenoxy) is 3. The van der Waals surface area contributed by atoms with Gasteiger partial charge in [0.15, 0.2) is 11.5 Å². The summed E-state index contributed by atoms with van der Waals surface area (Å²) in [5, 5.41) is 3.00. The van der Waals surface area contributed by atoms with Gasteiger partial charge in [-0.05, 0) is 50.8 Å². The normalized spacial score (nSPS) is 19.5. The van der Waals surface area contributed by atoms with E-state index in [2.05, 4.69) is 10.2 Å². The van der Waals surface area contributed by atoms with Crippen LogP contribution in [0, 0.1) is 5.92 Å². The topological polar surface area (TPSA) is 60.0 Å². The van der Waals surface area contributed by atoms with Gasteiger partial charge in [0.05, 0.1) is 20.3 Å². The number of carbonyl (C=O) groups excluding carboxylic acids is 1. The molecule has 26 heavy (non-hydrogen) atoms. The Morgan fingerprint density at radius 2 is 2.00 bits per heavy atom. The largest absolute Gasteiger partial charge is 0.493 e. The molecule has 1 aliphatic heterocycles. The van der Waals surface area contributed by atoms with Crippen molar-refractivity contribution in [1.82, 2.24) is 4.90 Å². The van der Waals surface area contributed by atoms with E-state index in [4.69, 9.17) is 14.2 Å². The number of amides is 1. The first kappa shape index (κ1) is 20.5. The van der Waals surface area contributed by atoms with Crippen LogP contribution in [0.1, 0.15) is 32.6 Å². The monoisotopic (exact) mass is 364 g/mol. The highest BCUT2D eigenvalue weighted by Crippen LogP contribution is 2.30. The van der Waals surface area contributed by atoms with Crippen LogP contribution in [0.3, 0.4) is 0 Å². The van der Waals surface area contributed by atoms with Crippen LogP contribution in [-0.2, 0) is 9.53 Å². The number of benzene rings is 1. The fourth-order valence-electron chi connectivity index (χ4n) is 3.46. The van der Waals surface area contributed by atoms with Crippen molar-refractivity contribution >= 4 is 11.6 Å². The molecule has 2 rings (SSSR count). The molecule has 6 nitrogen and oxygen atoms in total. The predicted molar refractivity (Wildman–Crippen MR) is 103 cm³/mol. The molecule has 1 aromatic carbocycles. The minimum absolute atomic E-state index is 0.00427. The van der Waals surface area contributed by atoms with Crippen LogP contribution in [0.15, 0.2) is 18.2 Å². The molecule has 146 valence electrons. The van der Waals surface area contributed by atoms with E-state index in [0.29, 0.717) is 23.1 Å². The molecule has 0 radical (unpaired) electrons. The third-order valence-electron chi connectivity index (χ3n) is 5.11. The van der Waals surface area contributed by atoms with Gasteiger partial charge in [0.25, 0.3) is 0 Å². The SMILES string of the molecule is COCC[C@@H]1CCCCN([C@@H](C)C(=O)Nc2ccc(OC)c(OC)c2)C1. The Morgan fingerprint density at radius 1 is 1.23 bits per heavy atom. The molecule has 1 aliphatic rings. The number of nitrogens with one attached hydrogen (secondary N) is 1. The fraction of sp³-hybridized carbons (Fsp3) is 0.650. The molecule has 1 N–H and O–H groups in total. The van der Waals surface area contributed by atoms with E-state index in [9.17, 15) is 4.79 Å². The van der Waals surface area contributed by atoms with E-state index >= 15 is 0 Å². The zero-order chi connectivity index (χ0) is 18.9. The Hall–Kier alpha value is -1.79. The third kappa shape index (κ3) is 5.61. The molecular formula is C20H32N2O4. The van der Waals surface area contributed by atoms with Crippen molar-refractivity contribution in [1.29, 1.82) is 0 Å². The summed E-state index contributed by atoms with van der Waals surface area (Å²) in [6.45, 7) is 4.67. The van der Waals surface area contributed by atoms with Crippen LogP contribution in [0.5, 0.6) is 11.5 Å². The fourth-order valence-corrected chi connectivity index (χ4v) is 3.46. The molecule has 6 heteroatoms. The number of hydrogen-bond donors (Lipinski definition) is 1. The summed E-state index contributed by atoms with van der Waals surface area (Å²) in [6.07, 6.45) is 4.62. The van der Waals surface area contributed by atoms with Gasteiger partial charge in [-0.2, -0.15) is 0 Å². The second-order valence-electron chi connectivity index (χ2n) is 6.87. The van der Waals surface area contributed by atoms with Gasteiger partial charge < -0.3 is 19.5 Å². The lowest BCUT2D eigenvalue weighted by molar-refractivity contribution is -0.120. The third-order valence-corrected chi connectivity index (χ3v) is 5.11. The Balaban J connectivity index is 1.99. The minimum Gasteiger partial charge on any atom is -0.493 e. The van der Waals surface area contributed by atoms with Gasteiger partial charge in [-0.15, -0.1) is 0 Å². The van der Waals surface area contributed by atoms with Gasteiger partial charge in [0.1, 0.15) is 0 Å². The second-order valence-corrected chi connectivity index (χ2v) is 6.87. The van der Waals surface area contributed by atoms with E-state index in [0.717, 1.165) is 32.5 Å². The minimum atomic E-state index is -0.175. The van der Waals surface area contributed by atoms with Crippen molar-refractivity contribution in [3.05, 3.63) is 18.2 Å². The number of rotatable bonds is 8. The first-order valence-electron chi connectivity index (χ1n) is 9.35. The molecular weight excluding hydrogens is 332 g/mol. The van der Waals surface area contributed by atoms with Crippen LogP contribution < -0.4 is 14.8 Å². The average Bonchev–Trinajstić information content (AvgIpc) is 2.91. The number of hydrogen-bond acceptors (Lipinski definition) is 5. The molecule has 0 aromatic heterocycles. The zero-order valence-electron chi connectivity index (χ0n) is 16.4. The maximum Gasteiger partial charge on any atom is 0.241 e. The molecule has 0 unspecified atom stereocenters. The lowest BCUT2D eigenvalue weighted by Crippen LogP contribution is -2.44. The highest BCUT2D eigenvalue weighted by atomic mass is 16.5. The number of carbonyl (C=O) groups is 1. The van der Waals surface area contributed by atoms with E-state index in [1.165, 1.54) is 12.8 Å². The van der Waals surface area contributed by atoms with Gasteiger partial charge in [-0.25, -0.2) is 0 Å². The van der Waals surface area contributed by atoms with Gasteiger partial charge in [0.2, 0.25) is 5.91 Å². The van der Waals surface area contributed by atoms with Gasteiger partial charge in [0, 0.05) is 32.0 Å². The molecule has 1 heterocycles. The van der Waals surface area contributed by atoms with Crippen molar-refractivity contribution in [3.63, 3.8) is 0 Å². The summed E-state index contributed by atoms with van der Waals surface area (Å²) in [6, 6.07) is 5.24. The summed E-state index contributed by atoms with van der Waals surface area (Å²) in [5.41, 5.74) is 0.713. The van der Waals surface area contributed by atoms with Crippen molar-refractivity contribution < 1.29 is 19.0 Å². The smallest absolute Gasteiger partial charge is 0.241 e. The molecule has 1 saturated heterocycles. The molecule has 1 aromatic rings. The van der Waals surface area contributed by atoms with Crippen LogP contribution in [0.2, 0.25) is 0 Å². The van der Waals surface area contributed by atoms with Crippen LogP contribution in [0.25, 0.3) is 0 Å². The predicted octanol–water partition coefficient (Wildman–Crippen LogP) is 3.17. The molecule has 1 amide bonds. The number of nitrogens with zero attached hydrogens (tertiary/aromatic N) is 1. The molecule has 0 aliphatic carbocycles. The number of methoxy groups -OCH3 is 3. The summed E-state index contributed by atoms with van der Waals surface area (Å²) >= 11 is 0. The van der Waals surface area contributed by atoms with Crippen molar-refractivity contribution in [2.24, 2.45) is 5.92 Å². The Morgan fingerprint density at radius 3 is 2.69 bits per heavy atom. The Labute approximate surface area is 156 Å². The van der Waals surface area contributed by atoms with Gasteiger partial charge >= 0.3 is 0 Å². The maximum atomic E-state index is 12.7. The van der Waals surface area contributed by atoms with E-state index < -0.39 is 0 Å². The van der Waals surface area contributed by atoms with Crippen LogP contribution >= 0.6 is 0 Å². The Bertz CT molecular complexity index is 579. The van der Waals surface area contributed by atoms with Crippen LogP contribution in [-0.4, -0.2) is 57.9 Å². The standard InChI is InChI=1S/C20H32N2O4/c1-15(22-11-6-5-7-16(14-22)10-12-24-2)20(23)21-17-8-9-18(25-3)19(13-17)26-4/h8-9,13,15-16H,5-7,10-12,14H2,1-4H3,(H,21,23)/t15-,16-/m0/s1. The summed E-state index contributed by atoms with van der Waals surface area (Å²) in [5.74, 6) is 1.85. The molecule has 0 spiro atoms. The first-order chi connectivity index (χ1) is 12.6. The molecule has 2 atom stereocenters. The van der Waals surface area contributed by atoms with Crippen molar-refractivity contribution in [2.75, 3.05) is 46.3 Å². The van der Waals surface area contributed by atoms with Crippen molar-refractivity contribution in [2.45, 2.75) is 38.6 Å². The highest BCUT2D eigenvalue weighted by Gasteiger charge is 2.26. The molecule has 0 saturated carbocycles. The summed E-state index contributed by atoms with van der Waals surface area (Å²) in [4.78, 5) is 15.0. The Kier molecular flexibility index (Phi) is 8.19. The number of likely N-dealkylation sites (tertiary alicyclic amines) is 1. The zero-order valence-corrected chi connectivity index (χ0v) is 16.4. The summed E-state index contributed by atoms with van der Waals surface area (Å²) in [7, 11) is 4.93. The second kappa shape index (κ2) is 10.4. The lowest BCUT2D eigenvalue weighted by Gasteiger charge is -2.29. The van der Waals surface area contributed by atoms with Crippen LogP contribution in [0.4, 0.5) is 5.69 Å². The molecule has 0 bridgehead atoms. The highest BCUT2D eigenvalue weighted by molar-refractivity contribution is 5.94. The van der Waals surface area contributed by atoms with Crippen molar-refractivity contribution in [3.8, 4) is 11.5 Å². The van der Waals surface area contributed by atoms with E-state index in [-0.39, 0.29) is 11.9 Å². The summed E-state index contributed by atoms with van der Waals surface area (Å²) < 4.78 is 15.8. The van der Waals surface area contributed by atoms with Gasteiger partial charge in [-0.3, -0.25) is 9.69 Å². The molecule has 1 fully saturated rings. The lowest BCUT2D eigenvalue weighted by atomic mass is 10.00. The quantitative estimate of drug-likeness (QED) is 0.768. The van der Waals surface area contributed by atoms with Gasteiger partial charge in [-0.1, -0.05) is 6.42 Å². The first-order valence-corrected chi connectivity index (χ1v) is 9.35. The van der Waals surface area contributed by atoms with E-state index in [1.807, 2.05) is 13.0 Å². The average molecular weight is 364 g/mol. The number of anilines is 1. The van der Waals surface area contributed by atoms with E-state index in [1.54, 1.807) is 33.5 Å². The maximum absolute atomic E-state index is 12.7.